The molecule has 0 unspecified atom stereocenters. The van der Waals surface area contributed by atoms with Crippen molar-refractivity contribution in [3.05, 3.63) is 72.4 Å². The Labute approximate surface area is 122 Å². The zero-order valence-corrected chi connectivity index (χ0v) is 11.3. The minimum absolute atomic E-state index is 1.05. The van der Waals surface area contributed by atoms with Gasteiger partial charge in [0.25, 0.3) is 0 Å². The molecule has 1 N–H and O–H groups in total. The summed E-state index contributed by atoms with van der Waals surface area (Å²) in [6.45, 7) is 0. The van der Waals surface area contributed by atoms with Crippen molar-refractivity contribution in [3.63, 3.8) is 0 Å². The molecule has 0 aliphatic heterocycles. The molecule has 100 valence electrons. The Kier molecular flexibility index (Phi) is 2.75. The van der Waals surface area contributed by atoms with Gasteiger partial charge >= 0.3 is 0 Å². The molecule has 1 aromatic carbocycles. The van der Waals surface area contributed by atoms with Crippen LogP contribution in [0.15, 0.2) is 61.3 Å². The maximum Gasteiger partial charge on any atom is 0.0460 e. The first-order valence-electron chi connectivity index (χ1n) is 6.84. The zero-order valence-electron chi connectivity index (χ0n) is 11.3. The van der Waals surface area contributed by atoms with E-state index in [9.17, 15) is 0 Å². The van der Waals surface area contributed by atoms with E-state index in [4.69, 9.17) is 0 Å². The van der Waals surface area contributed by atoms with Gasteiger partial charge in [-0.2, -0.15) is 0 Å². The number of fused-ring (bicyclic) bond motifs is 2. The normalized spacial score (nSPS) is 11.6. The van der Waals surface area contributed by atoms with Gasteiger partial charge in [-0.1, -0.05) is 30.4 Å². The largest absolute Gasteiger partial charge is 0.361 e. The number of hydrogen-bond acceptors (Lipinski definition) is 2. The summed E-state index contributed by atoms with van der Waals surface area (Å²) in [6.07, 6.45) is 13.6. The van der Waals surface area contributed by atoms with Crippen molar-refractivity contribution in [1.29, 1.82) is 0 Å². The van der Waals surface area contributed by atoms with Crippen LogP contribution in [-0.2, 0) is 0 Å². The second-order valence-corrected chi connectivity index (χ2v) is 4.95. The van der Waals surface area contributed by atoms with Crippen molar-refractivity contribution in [3.8, 4) is 0 Å². The summed E-state index contributed by atoms with van der Waals surface area (Å²) < 4.78 is 0. The molecular formula is C18H13N3. The smallest absolute Gasteiger partial charge is 0.0460 e. The Morgan fingerprint density at radius 3 is 2.67 bits per heavy atom. The second-order valence-electron chi connectivity index (χ2n) is 4.95. The van der Waals surface area contributed by atoms with Crippen molar-refractivity contribution in [2.24, 2.45) is 0 Å². The SMILES string of the molecule is C(=C\c1c[nH]c2ccccc12)/c1cncc2cnccc12. The van der Waals surface area contributed by atoms with Gasteiger partial charge in [-0.15, -0.1) is 0 Å². The zero-order chi connectivity index (χ0) is 14.1. The van der Waals surface area contributed by atoms with Gasteiger partial charge < -0.3 is 4.98 Å². The lowest BCUT2D eigenvalue weighted by molar-refractivity contribution is 1.31. The number of hydrogen-bond donors (Lipinski definition) is 1. The molecular weight excluding hydrogens is 258 g/mol. The third-order valence-electron chi connectivity index (χ3n) is 3.65. The van der Waals surface area contributed by atoms with Crippen LogP contribution in [0.2, 0.25) is 0 Å². The van der Waals surface area contributed by atoms with Gasteiger partial charge in [0.1, 0.15) is 0 Å². The van der Waals surface area contributed by atoms with E-state index in [0.717, 1.165) is 21.9 Å². The Hall–Kier alpha value is -2.94. The number of pyridine rings is 2. The van der Waals surface area contributed by atoms with Crippen molar-refractivity contribution in [2.75, 3.05) is 0 Å². The molecule has 0 saturated heterocycles. The average molecular weight is 271 g/mol. The van der Waals surface area contributed by atoms with E-state index in [1.165, 1.54) is 10.9 Å². The van der Waals surface area contributed by atoms with E-state index >= 15 is 0 Å². The molecule has 21 heavy (non-hydrogen) atoms. The maximum atomic E-state index is 4.28. The molecule has 0 radical (unpaired) electrons. The lowest BCUT2D eigenvalue weighted by atomic mass is 10.1. The van der Waals surface area contributed by atoms with Crippen molar-refractivity contribution < 1.29 is 0 Å². The monoisotopic (exact) mass is 271 g/mol. The number of nitrogens with zero attached hydrogens (tertiary/aromatic N) is 2. The van der Waals surface area contributed by atoms with Gasteiger partial charge in [-0.3, -0.25) is 9.97 Å². The fourth-order valence-electron chi connectivity index (χ4n) is 2.58. The summed E-state index contributed by atoms with van der Waals surface area (Å²) in [4.78, 5) is 11.7. The van der Waals surface area contributed by atoms with Gasteiger partial charge in [-0.05, 0) is 23.1 Å². The lowest BCUT2D eigenvalue weighted by Gasteiger charge is -2.00. The Morgan fingerprint density at radius 2 is 1.67 bits per heavy atom. The standard InChI is InChI=1S/C18H13N3/c1-2-4-18-17(3-1)14(12-21-18)6-5-13-9-20-11-15-10-19-8-7-16(13)15/h1-12,21H/b6-5+. The number of rotatable bonds is 2. The molecule has 0 spiro atoms. The number of H-pyrrole nitrogens is 1. The summed E-state index contributed by atoms with van der Waals surface area (Å²) in [5.74, 6) is 0. The van der Waals surface area contributed by atoms with Crippen LogP contribution in [-0.4, -0.2) is 15.0 Å². The van der Waals surface area contributed by atoms with Crippen LogP contribution >= 0.6 is 0 Å². The molecule has 0 amide bonds. The molecule has 0 aliphatic rings. The van der Waals surface area contributed by atoms with Crippen LogP contribution in [0.1, 0.15) is 11.1 Å². The highest BCUT2D eigenvalue weighted by molar-refractivity contribution is 5.95. The van der Waals surface area contributed by atoms with E-state index in [1.54, 1.807) is 0 Å². The third kappa shape index (κ3) is 2.09. The molecule has 4 aromatic rings. The van der Waals surface area contributed by atoms with E-state index in [1.807, 2.05) is 43.1 Å². The van der Waals surface area contributed by atoms with Crippen LogP contribution in [0.3, 0.4) is 0 Å². The average Bonchev–Trinajstić information content (AvgIpc) is 2.96. The molecule has 0 saturated carbocycles. The highest BCUT2D eigenvalue weighted by Crippen LogP contribution is 2.22. The minimum atomic E-state index is 1.05. The summed E-state index contributed by atoms with van der Waals surface area (Å²) in [6, 6.07) is 10.3. The Morgan fingerprint density at radius 1 is 0.810 bits per heavy atom. The first-order valence-corrected chi connectivity index (χ1v) is 6.84. The maximum absolute atomic E-state index is 4.28. The molecule has 3 aromatic heterocycles. The predicted molar refractivity (Wildman–Crippen MR) is 86.8 cm³/mol. The van der Waals surface area contributed by atoms with Gasteiger partial charge in [0, 0.05) is 52.8 Å². The molecule has 0 aliphatic carbocycles. The fourth-order valence-corrected chi connectivity index (χ4v) is 2.58. The van der Waals surface area contributed by atoms with Gasteiger partial charge in [0.15, 0.2) is 0 Å². The Bertz CT molecular complexity index is 945. The summed E-state index contributed by atoms with van der Waals surface area (Å²) >= 11 is 0. The first kappa shape index (κ1) is 11.9. The van der Waals surface area contributed by atoms with Crippen molar-refractivity contribution >= 4 is 33.8 Å². The first-order chi connectivity index (χ1) is 10.4. The number of aromatic amines is 1. The molecule has 3 heterocycles. The molecule has 0 fully saturated rings. The summed E-state index contributed by atoms with van der Waals surface area (Å²) in [5, 5.41) is 3.44. The summed E-state index contributed by atoms with van der Waals surface area (Å²) in [7, 11) is 0. The van der Waals surface area contributed by atoms with Crippen LogP contribution in [0.5, 0.6) is 0 Å². The molecule has 3 heteroatoms. The van der Waals surface area contributed by atoms with Crippen LogP contribution < -0.4 is 0 Å². The van der Waals surface area contributed by atoms with Gasteiger partial charge in [0.2, 0.25) is 0 Å². The van der Waals surface area contributed by atoms with Crippen molar-refractivity contribution in [2.45, 2.75) is 0 Å². The van der Waals surface area contributed by atoms with Gasteiger partial charge in [0.05, 0.1) is 0 Å². The topological polar surface area (TPSA) is 41.6 Å². The number of para-hydroxylation sites is 1. The van der Waals surface area contributed by atoms with Crippen LogP contribution in [0, 0.1) is 0 Å². The lowest BCUT2D eigenvalue weighted by Crippen LogP contribution is -1.82. The van der Waals surface area contributed by atoms with E-state index < -0.39 is 0 Å². The van der Waals surface area contributed by atoms with Crippen molar-refractivity contribution in [1.82, 2.24) is 15.0 Å². The molecule has 3 nitrogen and oxygen atoms in total. The van der Waals surface area contributed by atoms with Gasteiger partial charge in [-0.25, -0.2) is 0 Å². The predicted octanol–water partition coefficient (Wildman–Crippen LogP) is 4.28. The second kappa shape index (κ2) is 4.87. The van der Waals surface area contributed by atoms with Crippen LogP contribution in [0.25, 0.3) is 33.8 Å². The number of nitrogens with one attached hydrogen (secondary N) is 1. The molecule has 0 bridgehead atoms. The Balaban J connectivity index is 1.81. The summed E-state index contributed by atoms with van der Waals surface area (Å²) in [5.41, 5.74) is 3.43. The van der Waals surface area contributed by atoms with E-state index in [0.29, 0.717) is 0 Å². The van der Waals surface area contributed by atoms with E-state index in [-0.39, 0.29) is 0 Å². The third-order valence-corrected chi connectivity index (χ3v) is 3.65. The van der Waals surface area contributed by atoms with Crippen LogP contribution in [0.4, 0.5) is 0 Å². The quantitative estimate of drug-likeness (QED) is 0.591. The highest BCUT2D eigenvalue weighted by atomic mass is 14.7. The highest BCUT2D eigenvalue weighted by Gasteiger charge is 2.01. The number of aromatic nitrogens is 3. The fraction of sp³-hybridized carbons (Fsp3) is 0. The minimum Gasteiger partial charge on any atom is -0.361 e. The molecule has 0 atom stereocenters. The number of benzene rings is 1. The van der Waals surface area contributed by atoms with E-state index in [2.05, 4.69) is 45.3 Å². The molecule has 4 rings (SSSR count).